The smallest absolute Gasteiger partial charge is 0.109 e. The van der Waals surface area contributed by atoms with Crippen LogP contribution < -0.4 is 5.32 Å². The van der Waals surface area contributed by atoms with Crippen molar-refractivity contribution in [2.24, 2.45) is 0 Å². The fraction of sp³-hybridized carbons (Fsp3) is 0.750. The molecule has 0 saturated heterocycles. The number of nitrogens with one attached hydrogen (secondary N) is 1. The first-order valence-corrected chi connectivity index (χ1v) is 6.73. The standard InChI is InChI=1S/C12H22N2S/c1-5-10(6-2)14-9(4)12-13-8-11(7-3)15-12/h8-10,14H,5-7H2,1-4H3. The van der Waals surface area contributed by atoms with Gasteiger partial charge in [0, 0.05) is 17.1 Å². The molecule has 2 nitrogen and oxygen atoms in total. The van der Waals surface area contributed by atoms with E-state index in [4.69, 9.17) is 0 Å². The number of aryl methyl sites for hydroxylation is 1. The van der Waals surface area contributed by atoms with Crippen molar-refractivity contribution in [1.82, 2.24) is 10.3 Å². The van der Waals surface area contributed by atoms with Crippen LogP contribution in [0.2, 0.25) is 0 Å². The Kier molecular flexibility index (Phi) is 5.26. The summed E-state index contributed by atoms with van der Waals surface area (Å²) in [7, 11) is 0. The summed E-state index contributed by atoms with van der Waals surface area (Å²) in [4.78, 5) is 5.84. The monoisotopic (exact) mass is 226 g/mol. The zero-order valence-corrected chi connectivity index (χ0v) is 11.0. The van der Waals surface area contributed by atoms with Crippen molar-refractivity contribution in [3.63, 3.8) is 0 Å². The van der Waals surface area contributed by atoms with Gasteiger partial charge >= 0.3 is 0 Å². The number of hydrogen-bond acceptors (Lipinski definition) is 3. The maximum atomic E-state index is 4.46. The van der Waals surface area contributed by atoms with E-state index in [2.05, 4.69) is 38.0 Å². The zero-order valence-electron chi connectivity index (χ0n) is 10.2. The molecule has 15 heavy (non-hydrogen) atoms. The molecule has 0 spiro atoms. The Bertz CT molecular complexity index is 279. The summed E-state index contributed by atoms with van der Waals surface area (Å²) >= 11 is 1.83. The van der Waals surface area contributed by atoms with Crippen LogP contribution in [0.3, 0.4) is 0 Å². The second kappa shape index (κ2) is 6.23. The van der Waals surface area contributed by atoms with E-state index in [9.17, 15) is 0 Å². The minimum atomic E-state index is 0.389. The quantitative estimate of drug-likeness (QED) is 0.802. The lowest BCUT2D eigenvalue weighted by Crippen LogP contribution is -2.30. The van der Waals surface area contributed by atoms with E-state index >= 15 is 0 Å². The van der Waals surface area contributed by atoms with Gasteiger partial charge in [-0.2, -0.15) is 0 Å². The van der Waals surface area contributed by atoms with Crippen LogP contribution in [0.25, 0.3) is 0 Å². The highest BCUT2D eigenvalue weighted by atomic mass is 32.1. The lowest BCUT2D eigenvalue weighted by molar-refractivity contribution is 0.431. The summed E-state index contributed by atoms with van der Waals surface area (Å²) in [5.74, 6) is 0. The predicted molar refractivity (Wildman–Crippen MR) is 67.4 cm³/mol. The molecule has 0 aliphatic carbocycles. The molecule has 1 atom stereocenters. The highest BCUT2D eigenvalue weighted by Gasteiger charge is 2.13. The number of hydrogen-bond donors (Lipinski definition) is 1. The molecule has 1 heterocycles. The fourth-order valence-corrected chi connectivity index (χ4v) is 2.50. The Morgan fingerprint density at radius 3 is 2.47 bits per heavy atom. The van der Waals surface area contributed by atoms with Gasteiger partial charge in [-0.25, -0.2) is 4.98 Å². The zero-order chi connectivity index (χ0) is 11.3. The van der Waals surface area contributed by atoms with Gasteiger partial charge in [0.1, 0.15) is 5.01 Å². The van der Waals surface area contributed by atoms with E-state index in [1.165, 1.54) is 22.7 Å². The molecule has 1 aromatic rings. The van der Waals surface area contributed by atoms with Crippen molar-refractivity contribution in [2.75, 3.05) is 0 Å². The summed E-state index contributed by atoms with van der Waals surface area (Å²) in [6.45, 7) is 8.84. The van der Waals surface area contributed by atoms with Crippen molar-refractivity contribution in [2.45, 2.75) is 59.0 Å². The van der Waals surface area contributed by atoms with Gasteiger partial charge in [-0.1, -0.05) is 20.8 Å². The van der Waals surface area contributed by atoms with Crippen molar-refractivity contribution in [1.29, 1.82) is 0 Å². The van der Waals surface area contributed by atoms with Gasteiger partial charge in [0.2, 0.25) is 0 Å². The Balaban J connectivity index is 2.55. The second-order valence-electron chi connectivity index (χ2n) is 3.92. The Hall–Kier alpha value is -0.410. The molecule has 0 bridgehead atoms. The van der Waals surface area contributed by atoms with E-state index in [0.717, 1.165) is 6.42 Å². The van der Waals surface area contributed by atoms with E-state index in [1.54, 1.807) is 0 Å². The van der Waals surface area contributed by atoms with Gasteiger partial charge in [0.05, 0.1) is 6.04 Å². The minimum Gasteiger partial charge on any atom is -0.305 e. The van der Waals surface area contributed by atoms with Crippen molar-refractivity contribution >= 4 is 11.3 Å². The average molecular weight is 226 g/mol. The number of rotatable bonds is 6. The molecule has 1 unspecified atom stereocenters. The van der Waals surface area contributed by atoms with Crippen molar-refractivity contribution in [3.05, 3.63) is 16.1 Å². The van der Waals surface area contributed by atoms with Crippen LogP contribution in [0.5, 0.6) is 0 Å². The molecule has 0 aliphatic heterocycles. The molecule has 1 rings (SSSR count). The third-order valence-corrected chi connectivity index (χ3v) is 4.09. The molecular formula is C12H22N2S. The summed E-state index contributed by atoms with van der Waals surface area (Å²) < 4.78 is 0. The summed E-state index contributed by atoms with van der Waals surface area (Å²) in [6, 6.07) is 1.01. The summed E-state index contributed by atoms with van der Waals surface area (Å²) in [5.41, 5.74) is 0. The first kappa shape index (κ1) is 12.7. The molecule has 0 saturated carbocycles. The largest absolute Gasteiger partial charge is 0.305 e. The van der Waals surface area contributed by atoms with Gasteiger partial charge in [0.15, 0.2) is 0 Å². The average Bonchev–Trinajstić information content (AvgIpc) is 2.74. The van der Waals surface area contributed by atoms with Gasteiger partial charge in [-0.05, 0) is 26.2 Å². The van der Waals surface area contributed by atoms with Crippen LogP contribution >= 0.6 is 11.3 Å². The molecule has 0 fully saturated rings. The Labute approximate surface area is 97.1 Å². The van der Waals surface area contributed by atoms with E-state index in [1.807, 2.05) is 17.5 Å². The Morgan fingerprint density at radius 1 is 1.33 bits per heavy atom. The molecule has 1 N–H and O–H groups in total. The van der Waals surface area contributed by atoms with Gasteiger partial charge < -0.3 is 5.32 Å². The molecule has 0 radical (unpaired) electrons. The van der Waals surface area contributed by atoms with Crippen molar-refractivity contribution in [3.8, 4) is 0 Å². The van der Waals surface area contributed by atoms with E-state index in [0.29, 0.717) is 12.1 Å². The van der Waals surface area contributed by atoms with E-state index < -0.39 is 0 Å². The lowest BCUT2D eigenvalue weighted by atomic mass is 10.1. The third-order valence-electron chi connectivity index (χ3n) is 2.76. The maximum absolute atomic E-state index is 4.46. The number of nitrogens with zero attached hydrogens (tertiary/aromatic N) is 1. The van der Waals surface area contributed by atoms with E-state index in [-0.39, 0.29) is 0 Å². The van der Waals surface area contributed by atoms with Gasteiger partial charge in [0.25, 0.3) is 0 Å². The second-order valence-corrected chi connectivity index (χ2v) is 5.07. The normalized spacial score (nSPS) is 13.4. The third kappa shape index (κ3) is 3.58. The Morgan fingerprint density at radius 2 is 2.00 bits per heavy atom. The van der Waals surface area contributed by atoms with Crippen LogP contribution in [0.15, 0.2) is 6.20 Å². The number of aromatic nitrogens is 1. The molecule has 1 aromatic heterocycles. The topological polar surface area (TPSA) is 24.9 Å². The predicted octanol–water partition coefficient (Wildman–Crippen LogP) is 3.54. The molecule has 0 aliphatic rings. The van der Waals surface area contributed by atoms with Crippen LogP contribution in [-0.2, 0) is 6.42 Å². The molecule has 3 heteroatoms. The van der Waals surface area contributed by atoms with Crippen LogP contribution in [-0.4, -0.2) is 11.0 Å². The molecular weight excluding hydrogens is 204 g/mol. The maximum Gasteiger partial charge on any atom is 0.109 e. The first-order valence-electron chi connectivity index (χ1n) is 5.91. The fourth-order valence-electron chi connectivity index (χ4n) is 1.64. The summed E-state index contributed by atoms with van der Waals surface area (Å²) in [5, 5.41) is 4.84. The highest BCUT2D eigenvalue weighted by molar-refractivity contribution is 7.11. The van der Waals surface area contributed by atoms with Crippen LogP contribution in [0.1, 0.15) is 56.5 Å². The molecule has 0 amide bonds. The van der Waals surface area contributed by atoms with Crippen LogP contribution in [0, 0.1) is 0 Å². The highest BCUT2D eigenvalue weighted by Crippen LogP contribution is 2.21. The van der Waals surface area contributed by atoms with Gasteiger partial charge in [-0.15, -0.1) is 11.3 Å². The first-order chi connectivity index (χ1) is 7.21. The number of thiazole rings is 1. The SMILES string of the molecule is CCc1cnc(C(C)NC(CC)CC)s1. The van der Waals surface area contributed by atoms with Crippen LogP contribution in [0.4, 0.5) is 0 Å². The molecule has 86 valence electrons. The van der Waals surface area contributed by atoms with Crippen molar-refractivity contribution < 1.29 is 0 Å². The van der Waals surface area contributed by atoms with Gasteiger partial charge in [-0.3, -0.25) is 0 Å². The lowest BCUT2D eigenvalue weighted by Gasteiger charge is -2.19. The molecule has 0 aromatic carbocycles. The minimum absolute atomic E-state index is 0.389. The summed E-state index contributed by atoms with van der Waals surface area (Å²) in [6.07, 6.45) is 5.47.